The third-order valence-corrected chi connectivity index (χ3v) is 4.08. The zero-order valence-electron chi connectivity index (χ0n) is 11.2. The van der Waals surface area contributed by atoms with Crippen LogP contribution in [0.4, 0.5) is 5.82 Å². The van der Waals surface area contributed by atoms with Crippen LogP contribution in [0.5, 0.6) is 0 Å². The van der Waals surface area contributed by atoms with Gasteiger partial charge in [0.1, 0.15) is 16.2 Å². The molecule has 0 amide bonds. The Morgan fingerprint density at radius 3 is 2.94 bits per heavy atom. The molecular formula is C14H22BrN3. The van der Waals surface area contributed by atoms with E-state index in [-0.39, 0.29) is 0 Å². The molecule has 1 fully saturated rings. The average molecular weight is 312 g/mol. The molecule has 2 rings (SSSR count). The first-order valence-electron chi connectivity index (χ1n) is 6.94. The van der Waals surface area contributed by atoms with Crippen LogP contribution in [0.15, 0.2) is 10.7 Å². The number of anilines is 1. The summed E-state index contributed by atoms with van der Waals surface area (Å²) in [5, 5.41) is 3.47. The maximum absolute atomic E-state index is 4.50. The van der Waals surface area contributed by atoms with E-state index in [1.54, 1.807) is 0 Å². The van der Waals surface area contributed by atoms with E-state index in [1.807, 2.05) is 6.07 Å². The lowest BCUT2D eigenvalue weighted by Crippen LogP contribution is -2.21. The van der Waals surface area contributed by atoms with E-state index in [0.717, 1.165) is 41.0 Å². The molecule has 100 valence electrons. The first-order chi connectivity index (χ1) is 8.67. The Kier molecular flexibility index (Phi) is 4.98. The summed E-state index contributed by atoms with van der Waals surface area (Å²) >= 11 is 3.44. The van der Waals surface area contributed by atoms with E-state index < -0.39 is 0 Å². The summed E-state index contributed by atoms with van der Waals surface area (Å²) in [5.41, 5.74) is 0. The summed E-state index contributed by atoms with van der Waals surface area (Å²) in [6, 6.07) is 1.96. The number of nitrogens with zero attached hydrogens (tertiary/aromatic N) is 2. The molecule has 4 heteroatoms. The predicted molar refractivity (Wildman–Crippen MR) is 78.7 cm³/mol. The van der Waals surface area contributed by atoms with Gasteiger partial charge in [0.25, 0.3) is 0 Å². The van der Waals surface area contributed by atoms with Crippen LogP contribution in [-0.4, -0.2) is 16.5 Å². The van der Waals surface area contributed by atoms with Gasteiger partial charge in [0.2, 0.25) is 0 Å². The van der Waals surface area contributed by atoms with E-state index in [4.69, 9.17) is 0 Å². The number of nitrogens with one attached hydrogen (secondary N) is 1. The summed E-state index contributed by atoms with van der Waals surface area (Å²) in [4.78, 5) is 8.83. The van der Waals surface area contributed by atoms with Gasteiger partial charge in [-0.25, -0.2) is 9.97 Å². The molecule has 2 unspecified atom stereocenters. The molecule has 0 aromatic carbocycles. The molecule has 1 aliphatic rings. The lowest BCUT2D eigenvalue weighted by molar-refractivity contribution is 0.293. The zero-order valence-corrected chi connectivity index (χ0v) is 12.8. The third-order valence-electron chi connectivity index (χ3n) is 3.67. The number of hydrogen-bond acceptors (Lipinski definition) is 3. The monoisotopic (exact) mass is 311 g/mol. The van der Waals surface area contributed by atoms with Crippen molar-refractivity contribution in [2.24, 2.45) is 11.8 Å². The Morgan fingerprint density at radius 2 is 2.22 bits per heavy atom. The Labute approximate surface area is 118 Å². The van der Waals surface area contributed by atoms with Crippen LogP contribution in [0.2, 0.25) is 0 Å². The van der Waals surface area contributed by atoms with Crippen LogP contribution < -0.4 is 5.32 Å². The summed E-state index contributed by atoms with van der Waals surface area (Å²) in [6.45, 7) is 5.48. The topological polar surface area (TPSA) is 37.8 Å². The summed E-state index contributed by atoms with van der Waals surface area (Å²) in [5.74, 6) is 3.53. The second kappa shape index (κ2) is 6.50. The fourth-order valence-corrected chi connectivity index (χ4v) is 3.13. The third kappa shape index (κ3) is 3.94. The highest BCUT2D eigenvalue weighted by atomic mass is 79.9. The van der Waals surface area contributed by atoms with Crippen molar-refractivity contribution < 1.29 is 0 Å². The molecular weight excluding hydrogens is 290 g/mol. The minimum Gasteiger partial charge on any atom is -0.370 e. The van der Waals surface area contributed by atoms with Crippen LogP contribution >= 0.6 is 15.9 Å². The van der Waals surface area contributed by atoms with E-state index in [0.29, 0.717) is 0 Å². The molecule has 2 atom stereocenters. The van der Waals surface area contributed by atoms with Crippen LogP contribution in [0.3, 0.4) is 0 Å². The lowest BCUT2D eigenvalue weighted by Gasteiger charge is -2.26. The Bertz CT molecular complexity index is 395. The summed E-state index contributed by atoms with van der Waals surface area (Å²) in [6.07, 6.45) is 6.34. The van der Waals surface area contributed by atoms with Gasteiger partial charge in [-0.1, -0.05) is 26.7 Å². The largest absolute Gasteiger partial charge is 0.370 e. The molecule has 1 N–H and O–H groups in total. The van der Waals surface area contributed by atoms with Crippen LogP contribution in [0, 0.1) is 11.8 Å². The molecule has 0 aliphatic heterocycles. The molecule has 18 heavy (non-hydrogen) atoms. The van der Waals surface area contributed by atoms with Gasteiger partial charge in [0.15, 0.2) is 0 Å². The average Bonchev–Trinajstić information content (AvgIpc) is 2.36. The normalized spacial score (nSPS) is 23.9. The van der Waals surface area contributed by atoms with Crippen molar-refractivity contribution >= 4 is 21.7 Å². The molecule has 1 saturated carbocycles. The van der Waals surface area contributed by atoms with Crippen molar-refractivity contribution in [3.05, 3.63) is 16.5 Å². The minimum atomic E-state index is 0.799. The number of hydrogen-bond donors (Lipinski definition) is 1. The highest BCUT2D eigenvalue weighted by Crippen LogP contribution is 2.28. The quantitative estimate of drug-likeness (QED) is 0.853. The van der Waals surface area contributed by atoms with Gasteiger partial charge >= 0.3 is 0 Å². The van der Waals surface area contributed by atoms with Crippen LogP contribution in [0.1, 0.15) is 45.4 Å². The van der Waals surface area contributed by atoms with E-state index >= 15 is 0 Å². The van der Waals surface area contributed by atoms with E-state index in [2.05, 4.69) is 45.1 Å². The van der Waals surface area contributed by atoms with Gasteiger partial charge in [-0.3, -0.25) is 0 Å². The van der Waals surface area contributed by atoms with Crippen molar-refractivity contribution in [2.45, 2.75) is 46.0 Å². The predicted octanol–water partition coefficient (Wildman–Crippen LogP) is 4.04. The van der Waals surface area contributed by atoms with Crippen molar-refractivity contribution in [3.63, 3.8) is 0 Å². The molecule has 1 heterocycles. The molecule has 0 saturated heterocycles. The zero-order chi connectivity index (χ0) is 13.0. The molecule has 0 radical (unpaired) electrons. The summed E-state index contributed by atoms with van der Waals surface area (Å²) < 4.78 is 0.869. The van der Waals surface area contributed by atoms with Gasteiger partial charge in [-0.15, -0.1) is 0 Å². The molecule has 1 aliphatic carbocycles. The highest BCUT2D eigenvalue weighted by Gasteiger charge is 2.18. The first kappa shape index (κ1) is 13.8. The van der Waals surface area contributed by atoms with Gasteiger partial charge in [-0.05, 0) is 40.6 Å². The van der Waals surface area contributed by atoms with Gasteiger partial charge in [0, 0.05) is 19.0 Å². The van der Waals surface area contributed by atoms with Crippen LogP contribution in [0.25, 0.3) is 0 Å². The standard InChI is InChI=1S/C14H22BrN3/c1-3-13-17-12(15)8-14(18-13)16-9-11-6-4-5-10(2)7-11/h8,10-11H,3-7,9H2,1-2H3,(H,16,17,18). The maximum atomic E-state index is 4.50. The molecule has 0 bridgehead atoms. The lowest BCUT2D eigenvalue weighted by atomic mass is 9.82. The minimum absolute atomic E-state index is 0.799. The van der Waals surface area contributed by atoms with Gasteiger partial charge in [-0.2, -0.15) is 0 Å². The van der Waals surface area contributed by atoms with E-state index in [1.165, 1.54) is 25.7 Å². The first-order valence-corrected chi connectivity index (χ1v) is 7.74. The fourth-order valence-electron chi connectivity index (χ4n) is 2.71. The second-order valence-electron chi connectivity index (χ2n) is 5.36. The Morgan fingerprint density at radius 1 is 1.39 bits per heavy atom. The summed E-state index contributed by atoms with van der Waals surface area (Å²) in [7, 11) is 0. The highest BCUT2D eigenvalue weighted by molar-refractivity contribution is 9.10. The van der Waals surface area contributed by atoms with Gasteiger partial charge < -0.3 is 5.32 Å². The number of aryl methyl sites for hydroxylation is 1. The molecule has 1 aromatic heterocycles. The van der Waals surface area contributed by atoms with Crippen LogP contribution in [-0.2, 0) is 6.42 Å². The number of aromatic nitrogens is 2. The van der Waals surface area contributed by atoms with Crippen molar-refractivity contribution in [3.8, 4) is 0 Å². The van der Waals surface area contributed by atoms with Crippen molar-refractivity contribution in [2.75, 3.05) is 11.9 Å². The smallest absolute Gasteiger partial charge is 0.131 e. The molecule has 1 aromatic rings. The number of halogens is 1. The van der Waals surface area contributed by atoms with E-state index in [9.17, 15) is 0 Å². The van der Waals surface area contributed by atoms with Crippen molar-refractivity contribution in [1.29, 1.82) is 0 Å². The molecule has 3 nitrogen and oxygen atoms in total. The Balaban J connectivity index is 1.91. The fraction of sp³-hybridized carbons (Fsp3) is 0.714. The SMILES string of the molecule is CCc1nc(Br)cc(NCC2CCCC(C)C2)n1. The molecule has 0 spiro atoms. The second-order valence-corrected chi connectivity index (χ2v) is 6.18. The van der Waals surface area contributed by atoms with Gasteiger partial charge in [0.05, 0.1) is 0 Å². The maximum Gasteiger partial charge on any atom is 0.131 e. The Hall–Kier alpha value is -0.640. The van der Waals surface area contributed by atoms with Crippen molar-refractivity contribution in [1.82, 2.24) is 9.97 Å². The number of rotatable bonds is 4.